The van der Waals surface area contributed by atoms with E-state index in [0.29, 0.717) is 0 Å². The molecular formula is C14H11Cl2N3S. The molecule has 3 aromatic rings. The number of thiophene rings is 1. The van der Waals surface area contributed by atoms with Crippen LogP contribution in [0, 0.1) is 0 Å². The van der Waals surface area contributed by atoms with Crippen LogP contribution in [0.15, 0.2) is 36.4 Å². The Bertz CT molecular complexity index is 742. The molecule has 6 heteroatoms. The fourth-order valence-electron chi connectivity index (χ4n) is 1.97. The molecule has 0 amide bonds. The summed E-state index contributed by atoms with van der Waals surface area (Å²) >= 11 is 13.5. The van der Waals surface area contributed by atoms with Gasteiger partial charge in [0.25, 0.3) is 0 Å². The van der Waals surface area contributed by atoms with Crippen LogP contribution < -0.4 is 5.32 Å². The second-order valence-electron chi connectivity index (χ2n) is 4.24. The quantitative estimate of drug-likeness (QED) is 0.710. The highest BCUT2D eigenvalue weighted by Gasteiger charge is 2.06. The van der Waals surface area contributed by atoms with Crippen LogP contribution in [0.1, 0.15) is 4.88 Å². The molecule has 0 aliphatic heterocycles. The first-order valence-electron chi connectivity index (χ1n) is 6.13. The van der Waals surface area contributed by atoms with Gasteiger partial charge in [-0.2, -0.15) is 0 Å². The Morgan fingerprint density at radius 1 is 1.05 bits per heavy atom. The van der Waals surface area contributed by atoms with Crippen LogP contribution in [0.4, 0.5) is 5.82 Å². The normalized spacial score (nSPS) is 10.9. The maximum Gasteiger partial charge on any atom is 0.224 e. The summed E-state index contributed by atoms with van der Waals surface area (Å²) in [4.78, 5) is 9.71. The van der Waals surface area contributed by atoms with Crippen molar-refractivity contribution in [2.45, 2.75) is 6.42 Å². The van der Waals surface area contributed by atoms with Gasteiger partial charge in [0, 0.05) is 16.8 Å². The number of nitrogens with zero attached hydrogens (tertiary/aromatic N) is 2. The SMILES string of the molecule is Clc1nc(NCCc2ccc(Cl)s2)c2ccccc2n1. The summed E-state index contributed by atoms with van der Waals surface area (Å²) in [5.74, 6) is 0.767. The molecule has 0 aliphatic rings. The highest BCUT2D eigenvalue weighted by Crippen LogP contribution is 2.23. The van der Waals surface area contributed by atoms with Crippen LogP contribution in [0.3, 0.4) is 0 Å². The van der Waals surface area contributed by atoms with Gasteiger partial charge in [0.2, 0.25) is 5.28 Å². The molecule has 3 nitrogen and oxygen atoms in total. The monoisotopic (exact) mass is 323 g/mol. The van der Waals surface area contributed by atoms with Crippen molar-refractivity contribution in [2.75, 3.05) is 11.9 Å². The zero-order valence-electron chi connectivity index (χ0n) is 10.4. The van der Waals surface area contributed by atoms with E-state index in [-0.39, 0.29) is 5.28 Å². The summed E-state index contributed by atoms with van der Waals surface area (Å²) in [6.07, 6.45) is 0.896. The van der Waals surface area contributed by atoms with E-state index in [4.69, 9.17) is 23.2 Å². The van der Waals surface area contributed by atoms with Gasteiger partial charge >= 0.3 is 0 Å². The fourth-order valence-corrected chi connectivity index (χ4v) is 3.24. The molecule has 0 saturated carbocycles. The molecule has 0 spiro atoms. The maximum absolute atomic E-state index is 5.95. The average Bonchev–Trinajstić information content (AvgIpc) is 2.84. The number of rotatable bonds is 4. The van der Waals surface area contributed by atoms with Gasteiger partial charge in [-0.25, -0.2) is 9.97 Å². The minimum Gasteiger partial charge on any atom is -0.369 e. The molecule has 2 aromatic heterocycles. The van der Waals surface area contributed by atoms with Crippen molar-refractivity contribution in [3.63, 3.8) is 0 Å². The van der Waals surface area contributed by atoms with E-state index in [1.54, 1.807) is 11.3 Å². The smallest absolute Gasteiger partial charge is 0.224 e. The van der Waals surface area contributed by atoms with Gasteiger partial charge < -0.3 is 5.32 Å². The van der Waals surface area contributed by atoms with Crippen molar-refractivity contribution in [1.82, 2.24) is 9.97 Å². The zero-order valence-corrected chi connectivity index (χ0v) is 12.8. The Hall–Kier alpha value is -1.36. The van der Waals surface area contributed by atoms with Crippen molar-refractivity contribution in [2.24, 2.45) is 0 Å². The largest absolute Gasteiger partial charge is 0.369 e. The lowest BCUT2D eigenvalue weighted by Crippen LogP contribution is -2.06. The van der Waals surface area contributed by atoms with E-state index in [9.17, 15) is 0 Å². The third kappa shape index (κ3) is 3.03. The number of anilines is 1. The minimum absolute atomic E-state index is 0.255. The Kier molecular flexibility index (Phi) is 4.05. The van der Waals surface area contributed by atoms with Gasteiger partial charge in [0.1, 0.15) is 5.82 Å². The number of halogens is 2. The number of aromatic nitrogens is 2. The first kappa shape index (κ1) is 13.6. The lowest BCUT2D eigenvalue weighted by molar-refractivity contribution is 1.03. The van der Waals surface area contributed by atoms with Crippen LogP contribution in [0.25, 0.3) is 10.9 Å². The zero-order chi connectivity index (χ0) is 13.9. The third-order valence-electron chi connectivity index (χ3n) is 2.87. The number of hydrogen-bond donors (Lipinski definition) is 1. The van der Waals surface area contributed by atoms with Crippen LogP contribution in [-0.4, -0.2) is 16.5 Å². The van der Waals surface area contributed by atoms with Crippen LogP contribution in [0.2, 0.25) is 9.62 Å². The molecule has 1 N–H and O–H groups in total. The molecule has 0 fully saturated rings. The summed E-state index contributed by atoms with van der Waals surface area (Å²) in [5.41, 5.74) is 0.842. The minimum atomic E-state index is 0.255. The first-order valence-corrected chi connectivity index (χ1v) is 7.70. The molecule has 1 aromatic carbocycles. The van der Waals surface area contributed by atoms with E-state index in [1.807, 2.05) is 36.4 Å². The molecule has 3 rings (SSSR count). The van der Waals surface area contributed by atoms with Gasteiger partial charge in [-0.15, -0.1) is 11.3 Å². The average molecular weight is 324 g/mol. The summed E-state index contributed by atoms with van der Waals surface area (Å²) in [5, 5.41) is 4.54. The molecule has 2 heterocycles. The molecular weight excluding hydrogens is 313 g/mol. The highest BCUT2D eigenvalue weighted by molar-refractivity contribution is 7.16. The number of hydrogen-bond acceptors (Lipinski definition) is 4. The topological polar surface area (TPSA) is 37.8 Å². The summed E-state index contributed by atoms with van der Waals surface area (Å²) in [6, 6.07) is 11.8. The Morgan fingerprint density at radius 3 is 2.70 bits per heavy atom. The van der Waals surface area contributed by atoms with Crippen molar-refractivity contribution in [1.29, 1.82) is 0 Å². The summed E-state index contributed by atoms with van der Waals surface area (Å²) in [6.45, 7) is 0.772. The Balaban J connectivity index is 1.77. The van der Waals surface area contributed by atoms with Crippen LogP contribution in [0.5, 0.6) is 0 Å². The molecule has 0 bridgehead atoms. The standard InChI is InChI=1S/C14H11Cl2N3S/c15-12-6-5-9(20-12)7-8-17-13-10-3-1-2-4-11(10)18-14(16)19-13/h1-6H,7-8H2,(H,17,18,19). The fraction of sp³-hybridized carbons (Fsp3) is 0.143. The lowest BCUT2D eigenvalue weighted by atomic mass is 10.2. The van der Waals surface area contributed by atoms with Gasteiger partial charge in [-0.05, 0) is 42.3 Å². The molecule has 0 unspecified atom stereocenters. The van der Waals surface area contributed by atoms with Crippen LogP contribution >= 0.6 is 34.5 Å². The maximum atomic E-state index is 5.95. The molecule has 0 saturated heterocycles. The molecule has 0 aliphatic carbocycles. The molecule has 0 radical (unpaired) electrons. The van der Waals surface area contributed by atoms with Gasteiger partial charge in [0.15, 0.2) is 0 Å². The van der Waals surface area contributed by atoms with E-state index in [2.05, 4.69) is 15.3 Å². The van der Waals surface area contributed by atoms with E-state index in [0.717, 1.165) is 34.0 Å². The number of fused-ring (bicyclic) bond motifs is 1. The third-order valence-corrected chi connectivity index (χ3v) is 4.33. The second-order valence-corrected chi connectivity index (χ2v) is 6.38. The number of para-hydroxylation sites is 1. The lowest BCUT2D eigenvalue weighted by Gasteiger charge is -2.08. The van der Waals surface area contributed by atoms with Crippen molar-refractivity contribution >= 4 is 51.3 Å². The van der Waals surface area contributed by atoms with Crippen LogP contribution in [-0.2, 0) is 6.42 Å². The summed E-state index contributed by atoms with van der Waals surface area (Å²) < 4.78 is 0.815. The van der Waals surface area contributed by atoms with Crippen molar-refractivity contribution < 1.29 is 0 Å². The molecule has 0 atom stereocenters. The van der Waals surface area contributed by atoms with Crippen molar-refractivity contribution in [3.05, 3.63) is 50.9 Å². The first-order chi connectivity index (χ1) is 9.72. The number of benzene rings is 1. The molecule has 102 valence electrons. The summed E-state index contributed by atoms with van der Waals surface area (Å²) in [7, 11) is 0. The Morgan fingerprint density at radius 2 is 1.90 bits per heavy atom. The van der Waals surface area contributed by atoms with Gasteiger partial charge in [-0.1, -0.05) is 23.7 Å². The van der Waals surface area contributed by atoms with Gasteiger partial charge in [-0.3, -0.25) is 0 Å². The second kappa shape index (κ2) is 5.95. The van der Waals surface area contributed by atoms with E-state index >= 15 is 0 Å². The Labute approximate surface area is 130 Å². The van der Waals surface area contributed by atoms with E-state index in [1.165, 1.54) is 4.88 Å². The highest BCUT2D eigenvalue weighted by atomic mass is 35.5. The van der Waals surface area contributed by atoms with E-state index < -0.39 is 0 Å². The predicted molar refractivity (Wildman–Crippen MR) is 86.1 cm³/mol. The molecule has 20 heavy (non-hydrogen) atoms. The van der Waals surface area contributed by atoms with Crippen molar-refractivity contribution in [3.8, 4) is 0 Å². The van der Waals surface area contributed by atoms with Gasteiger partial charge in [0.05, 0.1) is 9.85 Å². The number of nitrogens with one attached hydrogen (secondary N) is 1. The predicted octanol–water partition coefficient (Wildman–Crippen LogP) is 4.65.